The summed E-state index contributed by atoms with van der Waals surface area (Å²) in [5.41, 5.74) is -0.425. The molecule has 1 saturated heterocycles. The summed E-state index contributed by atoms with van der Waals surface area (Å²) in [4.78, 5) is 0. The molecular weight excluding hydrogens is 207 g/mol. The van der Waals surface area contributed by atoms with Gasteiger partial charge in [-0.05, 0) is 31.8 Å². The standard InChI is InChI=1S/C9H12F3N3/c10-9(11,12)7-5-14-15-8(7)3-6-1-2-13-4-6/h5-6,13H,1-4H2,(H,14,15). The van der Waals surface area contributed by atoms with Crippen LogP contribution in [-0.4, -0.2) is 23.3 Å². The Kier molecular flexibility index (Phi) is 2.68. The number of nitrogens with one attached hydrogen (secondary N) is 2. The highest BCUT2D eigenvalue weighted by molar-refractivity contribution is 5.20. The van der Waals surface area contributed by atoms with Gasteiger partial charge in [-0.1, -0.05) is 0 Å². The molecule has 1 unspecified atom stereocenters. The van der Waals surface area contributed by atoms with Crippen LogP contribution in [0.15, 0.2) is 6.20 Å². The topological polar surface area (TPSA) is 40.7 Å². The molecule has 2 heterocycles. The third-order valence-corrected chi connectivity index (χ3v) is 2.68. The molecule has 1 aromatic rings. The van der Waals surface area contributed by atoms with E-state index in [4.69, 9.17) is 0 Å². The lowest BCUT2D eigenvalue weighted by Gasteiger charge is -2.10. The van der Waals surface area contributed by atoms with E-state index >= 15 is 0 Å². The number of halogens is 3. The second kappa shape index (κ2) is 3.84. The third-order valence-electron chi connectivity index (χ3n) is 2.68. The highest BCUT2D eigenvalue weighted by Gasteiger charge is 2.35. The summed E-state index contributed by atoms with van der Waals surface area (Å²) in [7, 11) is 0. The Hall–Kier alpha value is -1.04. The summed E-state index contributed by atoms with van der Waals surface area (Å²) in [6.07, 6.45) is -2.09. The lowest BCUT2D eigenvalue weighted by molar-refractivity contribution is -0.138. The van der Waals surface area contributed by atoms with E-state index < -0.39 is 11.7 Å². The van der Waals surface area contributed by atoms with Gasteiger partial charge in [-0.25, -0.2) is 0 Å². The number of aromatic amines is 1. The Morgan fingerprint density at radius 1 is 1.47 bits per heavy atom. The maximum atomic E-state index is 12.5. The average Bonchev–Trinajstić information content (AvgIpc) is 2.73. The fourth-order valence-corrected chi connectivity index (χ4v) is 1.89. The summed E-state index contributed by atoms with van der Waals surface area (Å²) >= 11 is 0. The molecule has 1 aliphatic rings. The van der Waals surface area contributed by atoms with Crippen LogP contribution in [-0.2, 0) is 12.6 Å². The highest BCUT2D eigenvalue weighted by Crippen LogP contribution is 2.32. The summed E-state index contributed by atoms with van der Waals surface area (Å²) in [5, 5.41) is 9.03. The largest absolute Gasteiger partial charge is 0.419 e. The van der Waals surface area contributed by atoms with Crippen molar-refractivity contribution >= 4 is 0 Å². The molecule has 84 valence electrons. The van der Waals surface area contributed by atoms with Gasteiger partial charge in [0.15, 0.2) is 0 Å². The fraction of sp³-hybridized carbons (Fsp3) is 0.667. The molecule has 15 heavy (non-hydrogen) atoms. The monoisotopic (exact) mass is 219 g/mol. The minimum atomic E-state index is -4.30. The van der Waals surface area contributed by atoms with E-state index in [9.17, 15) is 13.2 Å². The summed E-state index contributed by atoms with van der Waals surface area (Å²) in [6.45, 7) is 1.68. The molecule has 0 aliphatic carbocycles. The van der Waals surface area contributed by atoms with E-state index in [-0.39, 0.29) is 11.6 Å². The zero-order valence-electron chi connectivity index (χ0n) is 8.06. The number of nitrogens with zero attached hydrogens (tertiary/aromatic N) is 1. The molecule has 1 aromatic heterocycles. The van der Waals surface area contributed by atoms with Gasteiger partial charge in [0.2, 0.25) is 0 Å². The molecule has 1 fully saturated rings. The van der Waals surface area contributed by atoms with Crippen molar-refractivity contribution in [2.45, 2.75) is 19.0 Å². The first kappa shape index (κ1) is 10.5. The van der Waals surface area contributed by atoms with Gasteiger partial charge in [0, 0.05) is 5.69 Å². The Morgan fingerprint density at radius 3 is 2.87 bits per heavy atom. The first-order valence-corrected chi connectivity index (χ1v) is 4.87. The zero-order valence-corrected chi connectivity index (χ0v) is 8.06. The van der Waals surface area contributed by atoms with Gasteiger partial charge in [0.25, 0.3) is 0 Å². The number of hydrogen-bond donors (Lipinski definition) is 2. The Morgan fingerprint density at radius 2 is 2.27 bits per heavy atom. The van der Waals surface area contributed by atoms with Crippen molar-refractivity contribution < 1.29 is 13.2 Å². The SMILES string of the molecule is FC(F)(F)c1cn[nH]c1CC1CCNC1. The maximum absolute atomic E-state index is 12.5. The van der Waals surface area contributed by atoms with Crippen LogP contribution < -0.4 is 5.32 Å². The van der Waals surface area contributed by atoms with E-state index in [1.54, 1.807) is 0 Å². The van der Waals surface area contributed by atoms with Crippen molar-refractivity contribution in [2.75, 3.05) is 13.1 Å². The quantitative estimate of drug-likeness (QED) is 0.792. The van der Waals surface area contributed by atoms with Crippen LogP contribution in [0, 0.1) is 5.92 Å². The van der Waals surface area contributed by atoms with Crippen LogP contribution in [0.2, 0.25) is 0 Å². The smallest absolute Gasteiger partial charge is 0.316 e. The molecule has 6 heteroatoms. The number of aromatic nitrogens is 2. The predicted octanol–water partition coefficient (Wildman–Crippen LogP) is 1.58. The van der Waals surface area contributed by atoms with Crippen LogP contribution in [0.5, 0.6) is 0 Å². The molecule has 1 atom stereocenters. The molecule has 0 aromatic carbocycles. The molecule has 0 saturated carbocycles. The first-order valence-electron chi connectivity index (χ1n) is 4.87. The lowest BCUT2D eigenvalue weighted by atomic mass is 10.0. The van der Waals surface area contributed by atoms with E-state index in [2.05, 4.69) is 15.5 Å². The second-order valence-electron chi connectivity index (χ2n) is 3.82. The van der Waals surface area contributed by atoms with Crippen LogP contribution in [0.25, 0.3) is 0 Å². The van der Waals surface area contributed by atoms with Crippen molar-refractivity contribution in [1.82, 2.24) is 15.5 Å². The van der Waals surface area contributed by atoms with Crippen LogP contribution in [0.1, 0.15) is 17.7 Å². The average molecular weight is 219 g/mol. The van der Waals surface area contributed by atoms with Crippen molar-refractivity contribution in [3.8, 4) is 0 Å². The highest BCUT2D eigenvalue weighted by atomic mass is 19.4. The Balaban J connectivity index is 2.11. The number of H-pyrrole nitrogens is 1. The Bertz CT molecular complexity index is 326. The van der Waals surface area contributed by atoms with Crippen LogP contribution in [0.3, 0.4) is 0 Å². The van der Waals surface area contributed by atoms with Gasteiger partial charge in [0.1, 0.15) is 0 Å². The van der Waals surface area contributed by atoms with Gasteiger partial charge >= 0.3 is 6.18 Å². The third kappa shape index (κ3) is 2.31. The van der Waals surface area contributed by atoms with E-state index in [1.165, 1.54) is 0 Å². The lowest BCUT2D eigenvalue weighted by Crippen LogP contribution is -2.14. The van der Waals surface area contributed by atoms with E-state index in [1.807, 2.05) is 0 Å². The van der Waals surface area contributed by atoms with Gasteiger partial charge < -0.3 is 5.32 Å². The summed E-state index contributed by atoms with van der Waals surface area (Å²) in [6, 6.07) is 0. The molecule has 2 N–H and O–H groups in total. The minimum Gasteiger partial charge on any atom is -0.316 e. The van der Waals surface area contributed by atoms with Crippen LogP contribution >= 0.6 is 0 Å². The van der Waals surface area contributed by atoms with Gasteiger partial charge in [-0.3, -0.25) is 5.10 Å². The Labute approximate surface area is 85.1 Å². The molecule has 1 aliphatic heterocycles. The number of alkyl halides is 3. The predicted molar refractivity (Wildman–Crippen MR) is 48.3 cm³/mol. The molecule has 0 radical (unpaired) electrons. The van der Waals surface area contributed by atoms with Crippen molar-refractivity contribution in [1.29, 1.82) is 0 Å². The number of rotatable bonds is 2. The maximum Gasteiger partial charge on any atom is 0.419 e. The van der Waals surface area contributed by atoms with Crippen molar-refractivity contribution in [3.63, 3.8) is 0 Å². The van der Waals surface area contributed by atoms with Crippen molar-refractivity contribution in [3.05, 3.63) is 17.5 Å². The first-order chi connectivity index (χ1) is 7.07. The van der Waals surface area contributed by atoms with Gasteiger partial charge in [0.05, 0.1) is 11.8 Å². The van der Waals surface area contributed by atoms with Gasteiger partial charge in [-0.2, -0.15) is 18.3 Å². The molecule has 0 bridgehead atoms. The van der Waals surface area contributed by atoms with E-state index in [0.29, 0.717) is 6.42 Å². The molecule has 0 amide bonds. The molecule has 3 nitrogen and oxygen atoms in total. The second-order valence-corrected chi connectivity index (χ2v) is 3.82. The molecule has 0 spiro atoms. The normalized spacial score (nSPS) is 22.2. The van der Waals surface area contributed by atoms with Crippen molar-refractivity contribution in [2.24, 2.45) is 5.92 Å². The fourth-order valence-electron chi connectivity index (χ4n) is 1.89. The van der Waals surface area contributed by atoms with Gasteiger partial charge in [-0.15, -0.1) is 0 Å². The number of hydrogen-bond acceptors (Lipinski definition) is 2. The molecule has 2 rings (SSSR count). The summed E-state index contributed by atoms with van der Waals surface area (Å²) < 4.78 is 37.4. The zero-order chi connectivity index (χ0) is 10.9. The van der Waals surface area contributed by atoms with E-state index in [0.717, 1.165) is 25.7 Å². The minimum absolute atomic E-state index is 0.205. The molecular formula is C9H12F3N3. The van der Waals surface area contributed by atoms with Crippen LogP contribution in [0.4, 0.5) is 13.2 Å². The summed E-state index contributed by atoms with van der Waals surface area (Å²) in [5.74, 6) is 0.284.